The Balaban J connectivity index is 2.83. The van der Waals surface area contributed by atoms with Gasteiger partial charge in [-0.2, -0.15) is 0 Å². The van der Waals surface area contributed by atoms with Crippen LogP contribution in [0, 0.1) is 0 Å². The summed E-state index contributed by atoms with van der Waals surface area (Å²) in [7, 11) is 0. The zero-order chi connectivity index (χ0) is 13.8. The largest absolute Gasteiger partial charge is 0.346 e. The number of hydrogen-bond donors (Lipinski definition) is 1. The molecule has 0 spiro atoms. The molecule has 3 nitrogen and oxygen atoms in total. The van der Waals surface area contributed by atoms with E-state index in [1.54, 1.807) is 0 Å². The molecule has 0 saturated heterocycles. The predicted molar refractivity (Wildman–Crippen MR) is 78.9 cm³/mol. The fraction of sp³-hybridized carbons (Fsp3) is 0.643. The smallest absolute Gasteiger partial charge is 0.268 e. The van der Waals surface area contributed by atoms with Gasteiger partial charge < -0.3 is 9.88 Å². The van der Waals surface area contributed by atoms with Crippen LogP contribution < -0.4 is 5.32 Å². The lowest BCUT2D eigenvalue weighted by Gasteiger charge is -2.26. The topological polar surface area (TPSA) is 34.0 Å². The van der Waals surface area contributed by atoms with Gasteiger partial charge >= 0.3 is 0 Å². The van der Waals surface area contributed by atoms with E-state index in [4.69, 9.17) is 0 Å². The first-order chi connectivity index (χ1) is 8.39. The van der Waals surface area contributed by atoms with Crippen molar-refractivity contribution in [3.05, 3.63) is 22.4 Å². The van der Waals surface area contributed by atoms with Crippen LogP contribution in [0.5, 0.6) is 0 Å². The van der Waals surface area contributed by atoms with Crippen LogP contribution in [0.1, 0.15) is 57.4 Å². The lowest BCUT2D eigenvalue weighted by molar-refractivity contribution is 0.0899. The summed E-state index contributed by atoms with van der Waals surface area (Å²) in [6, 6.07) is 1.88. The van der Waals surface area contributed by atoms with Crippen molar-refractivity contribution in [2.75, 3.05) is 0 Å². The van der Waals surface area contributed by atoms with E-state index in [1.807, 2.05) is 16.8 Å². The first kappa shape index (κ1) is 15.3. The Bertz CT molecular complexity index is 410. The van der Waals surface area contributed by atoms with Crippen LogP contribution in [0.3, 0.4) is 0 Å². The number of aromatic nitrogens is 1. The third-order valence-corrected chi connectivity index (χ3v) is 3.32. The highest BCUT2D eigenvalue weighted by Crippen LogP contribution is 2.17. The summed E-state index contributed by atoms with van der Waals surface area (Å²) in [6.45, 7) is 9.23. The molecule has 0 bridgehead atoms. The van der Waals surface area contributed by atoms with E-state index in [0.29, 0.717) is 0 Å². The van der Waals surface area contributed by atoms with Crippen LogP contribution in [0.15, 0.2) is 16.7 Å². The van der Waals surface area contributed by atoms with Crippen molar-refractivity contribution in [3.63, 3.8) is 0 Å². The van der Waals surface area contributed by atoms with Crippen molar-refractivity contribution in [3.8, 4) is 0 Å². The van der Waals surface area contributed by atoms with Crippen LogP contribution in [-0.4, -0.2) is 16.0 Å². The van der Waals surface area contributed by atoms with Gasteiger partial charge in [-0.25, -0.2) is 0 Å². The third kappa shape index (κ3) is 4.16. The Morgan fingerprint density at radius 2 is 2.06 bits per heavy atom. The van der Waals surface area contributed by atoms with E-state index in [0.717, 1.165) is 36.0 Å². The molecule has 0 aliphatic heterocycles. The summed E-state index contributed by atoms with van der Waals surface area (Å²) in [5, 5.41) is 3.11. The molecule has 1 amide bonds. The van der Waals surface area contributed by atoms with Gasteiger partial charge in [-0.3, -0.25) is 4.79 Å². The molecule has 0 saturated carbocycles. The Morgan fingerprint density at radius 3 is 2.61 bits per heavy atom. The van der Waals surface area contributed by atoms with Crippen molar-refractivity contribution < 1.29 is 4.79 Å². The number of hydrogen-bond acceptors (Lipinski definition) is 1. The number of rotatable bonds is 6. The van der Waals surface area contributed by atoms with Gasteiger partial charge in [-0.1, -0.05) is 20.3 Å². The molecule has 1 rings (SSSR count). The van der Waals surface area contributed by atoms with Gasteiger partial charge in [-0.15, -0.1) is 0 Å². The van der Waals surface area contributed by atoms with Crippen LogP contribution in [0.4, 0.5) is 0 Å². The zero-order valence-corrected chi connectivity index (χ0v) is 13.3. The van der Waals surface area contributed by atoms with Crippen LogP contribution in [-0.2, 0) is 6.54 Å². The highest BCUT2D eigenvalue weighted by Gasteiger charge is 2.22. The minimum absolute atomic E-state index is 0.00704. The van der Waals surface area contributed by atoms with E-state index < -0.39 is 0 Å². The molecule has 1 aromatic heterocycles. The lowest BCUT2D eigenvalue weighted by Crippen LogP contribution is -2.43. The van der Waals surface area contributed by atoms with Crippen molar-refractivity contribution in [2.24, 2.45) is 0 Å². The molecular formula is C14H23BrN2O. The lowest BCUT2D eigenvalue weighted by atomic mass is 9.99. The number of carbonyl (C=O) groups excluding carboxylic acids is 1. The van der Waals surface area contributed by atoms with Crippen molar-refractivity contribution in [1.29, 1.82) is 0 Å². The number of nitrogens with one attached hydrogen (secondary N) is 1. The maximum absolute atomic E-state index is 12.3. The van der Waals surface area contributed by atoms with Gasteiger partial charge in [0.15, 0.2) is 0 Å². The van der Waals surface area contributed by atoms with Crippen LogP contribution in [0.2, 0.25) is 0 Å². The van der Waals surface area contributed by atoms with Crippen molar-refractivity contribution in [1.82, 2.24) is 9.88 Å². The fourth-order valence-electron chi connectivity index (χ4n) is 2.15. The minimum atomic E-state index is -0.153. The quantitative estimate of drug-likeness (QED) is 0.847. The third-order valence-electron chi connectivity index (χ3n) is 2.89. The average molecular weight is 315 g/mol. The number of carbonyl (C=O) groups is 1. The van der Waals surface area contributed by atoms with E-state index in [9.17, 15) is 4.79 Å². The molecule has 1 heterocycles. The first-order valence-corrected chi connectivity index (χ1v) is 7.37. The van der Waals surface area contributed by atoms with E-state index in [1.165, 1.54) is 0 Å². The van der Waals surface area contributed by atoms with Crippen molar-refractivity contribution in [2.45, 2.75) is 59.0 Å². The Hall–Kier alpha value is -0.770. The molecule has 1 N–H and O–H groups in total. The number of aryl methyl sites for hydroxylation is 1. The monoisotopic (exact) mass is 314 g/mol. The maximum Gasteiger partial charge on any atom is 0.268 e. The highest BCUT2D eigenvalue weighted by atomic mass is 79.9. The van der Waals surface area contributed by atoms with E-state index in [-0.39, 0.29) is 11.4 Å². The summed E-state index contributed by atoms with van der Waals surface area (Å²) in [5.74, 6) is 0.00704. The normalized spacial score (nSPS) is 11.6. The van der Waals surface area contributed by atoms with Gasteiger partial charge in [0.1, 0.15) is 5.69 Å². The summed E-state index contributed by atoms with van der Waals surface area (Å²) in [5.41, 5.74) is 0.576. The molecule has 0 atom stereocenters. The highest BCUT2D eigenvalue weighted by molar-refractivity contribution is 9.10. The maximum atomic E-state index is 12.3. The molecule has 18 heavy (non-hydrogen) atoms. The van der Waals surface area contributed by atoms with Gasteiger partial charge in [0.2, 0.25) is 0 Å². The molecule has 0 fully saturated rings. The molecule has 0 aliphatic rings. The second kappa shape index (κ2) is 6.41. The molecule has 0 radical (unpaired) electrons. The summed E-state index contributed by atoms with van der Waals surface area (Å²) in [4.78, 5) is 12.3. The molecule has 4 heteroatoms. The number of halogens is 1. The number of amides is 1. The van der Waals surface area contributed by atoms with Gasteiger partial charge in [0.05, 0.1) is 0 Å². The Morgan fingerprint density at radius 1 is 1.39 bits per heavy atom. The second-order valence-electron chi connectivity index (χ2n) is 5.32. The molecule has 0 aromatic carbocycles. The number of nitrogens with zero attached hydrogens (tertiary/aromatic N) is 1. The summed E-state index contributed by atoms with van der Waals surface area (Å²) < 4.78 is 2.95. The second-order valence-corrected chi connectivity index (χ2v) is 6.24. The molecule has 0 unspecified atom stereocenters. The summed E-state index contributed by atoms with van der Waals surface area (Å²) in [6.07, 6.45) is 5.02. The molecule has 0 aliphatic carbocycles. The van der Waals surface area contributed by atoms with E-state index in [2.05, 4.69) is 48.9 Å². The van der Waals surface area contributed by atoms with Crippen LogP contribution in [0.25, 0.3) is 0 Å². The fourth-order valence-corrected chi connectivity index (χ4v) is 2.61. The van der Waals surface area contributed by atoms with Crippen molar-refractivity contribution >= 4 is 21.8 Å². The molecule has 1 aromatic rings. The summed E-state index contributed by atoms with van der Waals surface area (Å²) >= 11 is 3.43. The zero-order valence-electron chi connectivity index (χ0n) is 11.7. The Labute approximate surface area is 118 Å². The predicted octanol–water partition coefficient (Wildman–Crippen LogP) is 3.97. The molecule has 102 valence electrons. The average Bonchev–Trinajstić information content (AvgIpc) is 2.59. The SMILES string of the molecule is CCCn1cc(Br)cc1C(=O)NC(C)(C)CCC. The van der Waals surface area contributed by atoms with Gasteiger partial charge in [-0.05, 0) is 48.7 Å². The minimum Gasteiger partial charge on any atom is -0.346 e. The Kier molecular flexibility index (Phi) is 5.45. The van der Waals surface area contributed by atoms with Gasteiger partial charge in [0.25, 0.3) is 5.91 Å². The van der Waals surface area contributed by atoms with Crippen LogP contribution >= 0.6 is 15.9 Å². The standard InChI is InChI=1S/C14H23BrN2O/c1-5-7-14(3,4)16-13(18)12-9-11(15)10-17(12)8-6-2/h9-10H,5-8H2,1-4H3,(H,16,18). The van der Waals surface area contributed by atoms with Gasteiger partial charge in [0, 0.05) is 22.8 Å². The first-order valence-electron chi connectivity index (χ1n) is 6.57. The van der Waals surface area contributed by atoms with E-state index >= 15 is 0 Å². The molecular weight excluding hydrogens is 292 g/mol.